The van der Waals surface area contributed by atoms with Crippen molar-refractivity contribution >= 4 is 26.0 Å². The van der Waals surface area contributed by atoms with E-state index in [4.69, 9.17) is 10.5 Å². The first-order valence-electron chi connectivity index (χ1n) is 7.09. The van der Waals surface area contributed by atoms with Crippen LogP contribution >= 0.6 is 15.9 Å². The molecule has 0 amide bonds. The van der Waals surface area contributed by atoms with Crippen molar-refractivity contribution in [3.63, 3.8) is 0 Å². The highest BCUT2D eigenvalue weighted by molar-refractivity contribution is 9.10. The van der Waals surface area contributed by atoms with Crippen LogP contribution in [0.1, 0.15) is 33.1 Å². The van der Waals surface area contributed by atoms with E-state index in [0.29, 0.717) is 16.8 Å². The summed E-state index contributed by atoms with van der Waals surface area (Å²) < 4.78 is 33.8. The lowest BCUT2D eigenvalue weighted by atomic mass is 10.1. The summed E-state index contributed by atoms with van der Waals surface area (Å²) in [5, 5.41) is 0. The van der Waals surface area contributed by atoms with Crippen molar-refractivity contribution in [3.8, 4) is 5.75 Å². The summed E-state index contributed by atoms with van der Waals surface area (Å²) in [5.41, 5.74) is 5.66. The molecule has 0 radical (unpaired) electrons. The van der Waals surface area contributed by atoms with Gasteiger partial charge in [0.25, 0.3) is 0 Å². The van der Waals surface area contributed by atoms with Crippen molar-refractivity contribution in [1.29, 1.82) is 0 Å². The second kappa shape index (κ2) is 8.73. The van der Waals surface area contributed by atoms with Crippen LogP contribution < -0.4 is 15.2 Å². The van der Waals surface area contributed by atoms with Crippen LogP contribution in [-0.2, 0) is 10.0 Å². The lowest BCUT2D eigenvalue weighted by molar-refractivity contribution is 0.330. The average Bonchev–Trinajstić information content (AvgIpc) is 2.45. The van der Waals surface area contributed by atoms with Gasteiger partial charge in [0.15, 0.2) is 0 Å². The lowest BCUT2D eigenvalue weighted by Gasteiger charge is -2.18. The SMILES string of the molecule is CCCCC(CN)NS(=O)(=O)c1cc(Br)ccc1OCC. The predicted octanol–water partition coefficient (Wildman–Crippen LogP) is 2.64. The fourth-order valence-corrected chi connectivity index (χ4v) is 3.89. The molecule has 3 N–H and O–H groups in total. The fraction of sp³-hybridized carbons (Fsp3) is 0.571. The normalized spacial score (nSPS) is 13.1. The van der Waals surface area contributed by atoms with Crippen LogP contribution in [0.5, 0.6) is 5.75 Å². The van der Waals surface area contributed by atoms with Crippen LogP contribution in [0.2, 0.25) is 0 Å². The number of hydrogen-bond donors (Lipinski definition) is 2. The Bertz CT molecular complexity index is 549. The Labute approximate surface area is 135 Å². The molecule has 1 aromatic carbocycles. The van der Waals surface area contributed by atoms with Crippen molar-refractivity contribution < 1.29 is 13.2 Å². The van der Waals surface area contributed by atoms with Gasteiger partial charge in [-0.05, 0) is 31.5 Å². The smallest absolute Gasteiger partial charge is 0.244 e. The topological polar surface area (TPSA) is 81.4 Å². The minimum Gasteiger partial charge on any atom is -0.492 e. The van der Waals surface area contributed by atoms with Crippen molar-refractivity contribution in [2.24, 2.45) is 5.73 Å². The van der Waals surface area contributed by atoms with Crippen molar-refractivity contribution in [2.45, 2.75) is 44.0 Å². The van der Waals surface area contributed by atoms with Gasteiger partial charge in [-0.15, -0.1) is 0 Å². The third-order valence-corrected chi connectivity index (χ3v) is 5.04. The van der Waals surface area contributed by atoms with E-state index in [-0.39, 0.29) is 17.5 Å². The van der Waals surface area contributed by atoms with E-state index in [1.807, 2.05) is 6.92 Å². The van der Waals surface area contributed by atoms with Gasteiger partial charge in [-0.1, -0.05) is 35.7 Å². The minimum absolute atomic E-state index is 0.133. The summed E-state index contributed by atoms with van der Waals surface area (Å²) in [6.07, 6.45) is 2.66. The van der Waals surface area contributed by atoms with Crippen LogP contribution in [0.15, 0.2) is 27.6 Å². The number of halogens is 1. The summed E-state index contributed by atoms with van der Waals surface area (Å²) in [6, 6.07) is 4.68. The van der Waals surface area contributed by atoms with Crippen molar-refractivity contribution in [2.75, 3.05) is 13.2 Å². The molecular weight excluding hydrogens is 356 g/mol. The van der Waals surface area contributed by atoms with Crippen molar-refractivity contribution in [1.82, 2.24) is 4.72 Å². The van der Waals surface area contributed by atoms with Crippen LogP contribution in [0.25, 0.3) is 0 Å². The molecule has 0 aliphatic rings. The first-order valence-corrected chi connectivity index (χ1v) is 9.37. The number of rotatable bonds is 9. The molecule has 0 bridgehead atoms. The van der Waals surface area contributed by atoms with E-state index in [0.717, 1.165) is 19.3 Å². The highest BCUT2D eigenvalue weighted by atomic mass is 79.9. The molecule has 1 atom stereocenters. The fourth-order valence-electron chi connectivity index (χ4n) is 1.92. The maximum Gasteiger partial charge on any atom is 0.244 e. The first-order chi connectivity index (χ1) is 9.94. The zero-order chi connectivity index (χ0) is 15.9. The third-order valence-electron chi connectivity index (χ3n) is 3.01. The summed E-state index contributed by atoms with van der Waals surface area (Å²) in [5.74, 6) is 0.347. The van der Waals surface area contributed by atoms with E-state index >= 15 is 0 Å². The summed E-state index contributed by atoms with van der Waals surface area (Å²) in [7, 11) is -3.66. The van der Waals surface area contributed by atoms with Crippen LogP contribution in [0.3, 0.4) is 0 Å². The second-order valence-corrected chi connectivity index (χ2v) is 7.32. The molecule has 1 rings (SSSR count). The van der Waals surface area contributed by atoms with Gasteiger partial charge in [-0.3, -0.25) is 0 Å². The zero-order valence-electron chi connectivity index (χ0n) is 12.4. The number of benzene rings is 1. The highest BCUT2D eigenvalue weighted by Crippen LogP contribution is 2.27. The Morgan fingerprint density at radius 1 is 1.38 bits per heavy atom. The van der Waals surface area contributed by atoms with Gasteiger partial charge in [0.2, 0.25) is 10.0 Å². The molecule has 0 aliphatic carbocycles. The molecule has 0 aliphatic heterocycles. The van der Waals surface area contributed by atoms with E-state index in [1.54, 1.807) is 18.2 Å². The molecule has 0 fully saturated rings. The Hall–Kier alpha value is -0.630. The van der Waals surface area contributed by atoms with E-state index in [9.17, 15) is 8.42 Å². The number of ether oxygens (including phenoxy) is 1. The van der Waals surface area contributed by atoms with Crippen molar-refractivity contribution in [3.05, 3.63) is 22.7 Å². The number of sulfonamides is 1. The van der Waals surface area contributed by atoms with E-state index in [2.05, 4.69) is 27.6 Å². The maximum absolute atomic E-state index is 12.5. The Balaban J connectivity index is 3.03. The predicted molar refractivity (Wildman–Crippen MR) is 88.0 cm³/mol. The van der Waals surface area contributed by atoms with E-state index < -0.39 is 10.0 Å². The Morgan fingerprint density at radius 2 is 2.10 bits per heavy atom. The number of unbranched alkanes of at least 4 members (excludes halogenated alkanes) is 1. The van der Waals surface area contributed by atoms with E-state index in [1.165, 1.54) is 0 Å². The monoisotopic (exact) mass is 378 g/mol. The second-order valence-electron chi connectivity index (χ2n) is 4.72. The summed E-state index contributed by atoms with van der Waals surface area (Å²) in [4.78, 5) is 0.133. The van der Waals surface area contributed by atoms with Gasteiger partial charge in [0.1, 0.15) is 10.6 Å². The molecule has 0 heterocycles. The number of nitrogens with two attached hydrogens (primary N) is 1. The number of nitrogens with one attached hydrogen (secondary N) is 1. The largest absolute Gasteiger partial charge is 0.492 e. The molecule has 0 saturated carbocycles. The quantitative estimate of drug-likeness (QED) is 0.691. The Morgan fingerprint density at radius 3 is 2.67 bits per heavy atom. The van der Waals surface area contributed by atoms with Crippen LogP contribution in [0.4, 0.5) is 0 Å². The first kappa shape index (κ1) is 18.4. The molecule has 7 heteroatoms. The third kappa shape index (κ3) is 5.58. The van der Waals surface area contributed by atoms with Gasteiger partial charge >= 0.3 is 0 Å². The molecular formula is C14H23BrN2O3S. The molecule has 0 saturated heterocycles. The highest BCUT2D eigenvalue weighted by Gasteiger charge is 2.23. The summed E-state index contributed by atoms with van der Waals surface area (Å²) in [6.45, 7) is 4.55. The Kier molecular flexibility index (Phi) is 7.65. The molecule has 5 nitrogen and oxygen atoms in total. The van der Waals surface area contributed by atoms with Crippen LogP contribution in [0, 0.1) is 0 Å². The van der Waals surface area contributed by atoms with Gasteiger partial charge in [0.05, 0.1) is 6.61 Å². The van der Waals surface area contributed by atoms with Crippen LogP contribution in [-0.4, -0.2) is 27.6 Å². The zero-order valence-corrected chi connectivity index (χ0v) is 14.8. The summed E-state index contributed by atoms with van der Waals surface area (Å²) >= 11 is 3.29. The molecule has 120 valence electrons. The molecule has 0 spiro atoms. The van der Waals surface area contributed by atoms with Gasteiger partial charge in [0, 0.05) is 17.1 Å². The lowest BCUT2D eigenvalue weighted by Crippen LogP contribution is -2.40. The van der Waals surface area contributed by atoms with Gasteiger partial charge < -0.3 is 10.5 Å². The molecule has 1 unspecified atom stereocenters. The maximum atomic E-state index is 12.5. The molecule has 1 aromatic rings. The van der Waals surface area contributed by atoms with Gasteiger partial charge in [-0.2, -0.15) is 0 Å². The average molecular weight is 379 g/mol. The number of hydrogen-bond acceptors (Lipinski definition) is 4. The molecule has 0 aromatic heterocycles. The van der Waals surface area contributed by atoms with Gasteiger partial charge in [-0.25, -0.2) is 13.1 Å². The molecule has 21 heavy (non-hydrogen) atoms. The minimum atomic E-state index is -3.66. The standard InChI is InChI=1S/C14H23BrN2O3S/c1-3-5-6-12(10-16)17-21(18,19)14-9-11(15)7-8-13(14)20-4-2/h7-9,12,17H,3-6,10,16H2,1-2H3.